The Bertz CT molecular complexity index is 314. The van der Waals surface area contributed by atoms with E-state index in [9.17, 15) is 0 Å². The van der Waals surface area contributed by atoms with Gasteiger partial charge in [0.1, 0.15) is 0 Å². The van der Waals surface area contributed by atoms with Crippen molar-refractivity contribution in [1.29, 1.82) is 0 Å². The van der Waals surface area contributed by atoms with E-state index in [4.69, 9.17) is 0 Å². The average Bonchev–Trinajstić information content (AvgIpc) is 2.55. The summed E-state index contributed by atoms with van der Waals surface area (Å²) in [5, 5.41) is 0. The molecule has 3 heteroatoms. The molecule has 0 amide bonds. The van der Waals surface area contributed by atoms with E-state index in [1.54, 1.807) is 0 Å². The Kier molecular flexibility index (Phi) is 11.3. The summed E-state index contributed by atoms with van der Waals surface area (Å²) in [5.74, 6) is 0. The monoisotopic (exact) mass is 355 g/mol. The molecule has 1 rings (SSSR count). The summed E-state index contributed by atoms with van der Waals surface area (Å²) in [6, 6.07) is 0. The first-order valence-electron chi connectivity index (χ1n) is 11.2. The fourth-order valence-corrected chi connectivity index (χ4v) is 3.86. The standard InChI is InChI=1S/C22H49N3/c1-6-7-8-9-10-11-12-13-14-15-19-25(5)21-17-23(18-22-25)16-20-24(2,3)4/h6-22H2,1-5H3/q+2. The van der Waals surface area contributed by atoms with Gasteiger partial charge in [0.15, 0.2) is 0 Å². The van der Waals surface area contributed by atoms with Crippen LogP contribution in [0.4, 0.5) is 0 Å². The predicted molar refractivity (Wildman–Crippen MR) is 112 cm³/mol. The fraction of sp³-hybridized carbons (Fsp3) is 1.00. The zero-order valence-electron chi connectivity index (χ0n) is 18.4. The second kappa shape index (κ2) is 12.3. The maximum Gasteiger partial charge on any atom is 0.0914 e. The van der Waals surface area contributed by atoms with Crippen LogP contribution in [0.15, 0.2) is 0 Å². The van der Waals surface area contributed by atoms with Gasteiger partial charge < -0.3 is 8.97 Å². The van der Waals surface area contributed by atoms with Crippen LogP contribution in [0.1, 0.15) is 71.1 Å². The zero-order chi connectivity index (χ0) is 18.6. The number of hydrogen-bond acceptors (Lipinski definition) is 1. The maximum absolute atomic E-state index is 2.68. The number of hydrogen-bond donors (Lipinski definition) is 0. The topological polar surface area (TPSA) is 3.24 Å². The van der Waals surface area contributed by atoms with E-state index < -0.39 is 0 Å². The second-order valence-corrected chi connectivity index (χ2v) is 9.83. The van der Waals surface area contributed by atoms with Crippen molar-refractivity contribution in [2.24, 2.45) is 0 Å². The highest BCUT2D eigenvalue weighted by molar-refractivity contribution is 4.63. The molecule has 0 aromatic rings. The van der Waals surface area contributed by atoms with Gasteiger partial charge in [0.05, 0.1) is 54.4 Å². The summed E-state index contributed by atoms with van der Waals surface area (Å²) < 4.78 is 2.40. The molecule has 150 valence electrons. The lowest BCUT2D eigenvalue weighted by atomic mass is 10.1. The molecule has 0 atom stereocenters. The first-order chi connectivity index (χ1) is 11.8. The van der Waals surface area contributed by atoms with E-state index in [2.05, 4.69) is 40.0 Å². The number of quaternary nitrogens is 2. The molecule has 0 aliphatic carbocycles. The molecule has 0 bridgehead atoms. The van der Waals surface area contributed by atoms with E-state index in [0.717, 1.165) is 4.48 Å². The Morgan fingerprint density at radius 1 is 0.760 bits per heavy atom. The van der Waals surface area contributed by atoms with Crippen LogP contribution in [0.3, 0.4) is 0 Å². The molecule has 0 N–H and O–H groups in total. The van der Waals surface area contributed by atoms with Crippen LogP contribution in [-0.2, 0) is 0 Å². The van der Waals surface area contributed by atoms with Gasteiger partial charge in [-0.1, -0.05) is 58.3 Å². The third kappa shape index (κ3) is 12.0. The van der Waals surface area contributed by atoms with E-state index in [1.165, 1.54) is 115 Å². The fourth-order valence-electron chi connectivity index (χ4n) is 3.86. The number of nitrogens with zero attached hydrogens (tertiary/aromatic N) is 3. The van der Waals surface area contributed by atoms with Crippen LogP contribution < -0.4 is 0 Å². The molecule has 1 fully saturated rings. The van der Waals surface area contributed by atoms with Crippen LogP contribution in [0, 0.1) is 0 Å². The average molecular weight is 356 g/mol. The molecule has 1 heterocycles. The number of rotatable bonds is 14. The van der Waals surface area contributed by atoms with Gasteiger partial charge in [0.2, 0.25) is 0 Å². The predicted octanol–water partition coefficient (Wildman–Crippen LogP) is 4.38. The van der Waals surface area contributed by atoms with Crippen molar-refractivity contribution >= 4 is 0 Å². The Morgan fingerprint density at radius 3 is 1.72 bits per heavy atom. The third-order valence-corrected chi connectivity index (χ3v) is 6.05. The van der Waals surface area contributed by atoms with Crippen molar-refractivity contribution in [2.75, 3.05) is 74.0 Å². The second-order valence-electron chi connectivity index (χ2n) is 9.83. The molecule has 1 saturated heterocycles. The smallest absolute Gasteiger partial charge is 0.0914 e. The Balaban J connectivity index is 1.99. The summed E-state index contributed by atoms with van der Waals surface area (Å²) in [7, 11) is 9.39. The largest absolute Gasteiger partial charge is 0.330 e. The van der Waals surface area contributed by atoms with Crippen LogP contribution >= 0.6 is 0 Å². The normalized spacial score (nSPS) is 18.6. The van der Waals surface area contributed by atoms with Crippen LogP contribution in [0.25, 0.3) is 0 Å². The first kappa shape index (κ1) is 22.9. The van der Waals surface area contributed by atoms with Gasteiger partial charge >= 0.3 is 0 Å². The van der Waals surface area contributed by atoms with E-state index in [0.29, 0.717) is 0 Å². The van der Waals surface area contributed by atoms with Crippen LogP contribution in [0.2, 0.25) is 0 Å². The van der Waals surface area contributed by atoms with Crippen molar-refractivity contribution in [3.05, 3.63) is 0 Å². The Labute approximate surface area is 159 Å². The minimum Gasteiger partial charge on any atom is -0.330 e. The molecule has 0 aromatic carbocycles. The van der Waals surface area contributed by atoms with Gasteiger partial charge in [-0.2, -0.15) is 0 Å². The Morgan fingerprint density at radius 2 is 1.24 bits per heavy atom. The van der Waals surface area contributed by atoms with Gasteiger partial charge in [-0.15, -0.1) is 0 Å². The zero-order valence-corrected chi connectivity index (χ0v) is 18.4. The van der Waals surface area contributed by atoms with Gasteiger partial charge in [-0.25, -0.2) is 0 Å². The number of unbranched alkanes of at least 4 members (excludes halogenated alkanes) is 9. The lowest BCUT2D eigenvalue weighted by molar-refractivity contribution is -0.914. The highest BCUT2D eigenvalue weighted by Gasteiger charge is 2.28. The highest BCUT2D eigenvalue weighted by Crippen LogP contribution is 2.15. The van der Waals surface area contributed by atoms with Crippen LogP contribution in [-0.4, -0.2) is 87.9 Å². The summed E-state index contributed by atoms with van der Waals surface area (Å²) in [5.41, 5.74) is 0. The van der Waals surface area contributed by atoms with Crippen molar-refractivity contribution < 1.29 is 8.97 Å². The summed E-state index contributed by atoms with van der Waals surface area (Å²) >= 11 is 0. The van der Waals surface area contributed by atoms with E-state index >= 15 is 0 Å². The molecular weight excluding hydrogens is 306 g/mol. The third-order valence-electron chi connectivity index (χ3n) is 6.05. The molecule has 1 aliphatic rings. The van der Waals surface area contributed by atoms with Gasteiger partial charge in [-0.3, -0.25) is 4.90 Å². The van der Waals surface area contributed by atoms with Crippen LogP contribution in [0.5, 0.6) is 0 Å². The summed E-state index contributed by atoms with van der Waals surface area (Å²) in [6.07, 6.45) is 14.5. The molecule has 0 saturated carbocycles. The van der Waals surface area contributed by atoms with Crippen molar-refractivity contribution in [3.63, 3.8) is 0 Å². The van der Waals surface area contributed by atoms with Crippen molar-refractivity contribution in [1.82, 2.24) is 4.90 Å². The molecule has 3 nitrogen and oxygen atoms in total. The number of piperazine rings is 1. The Hall–Kier alpha value is -0.120. The maximum atomic E-state index is 2.68. The van der Waals surface area contributed by atoms with Crippen molar-refractivity contribution in [2.45, 2.75) is 71.1 Å². The van der Waals surface area contributed by atoms with Gasteiger partial charge in [-0.05, 0) is 12.8 Å². The first-order valence-corrected chi connectivity index (χ1v) is 11.2. The lowest BCUT2D eigenvalue weighted by Crippen LogP contribution is -2.58. The molecule has 0 radical (unpaired) electrons. The molecule has 0 unspecified atom stereocenters. The van der Waals surface area contributed by atoms with Crippen molar-refractivity contribution in [3.8, 4) is 0 Å². The molecule has 1 aliphatic heterocycles. The molecule has 25 heavy (non-hydrogen) atoms. The van der Waals surface area contributed by atoms with E-state index in [1.807, 2.05) is 0 Å². The quantitative estimate of drug-likeness (QED) is 0.330. The van der Waals surface area contributed by atoms with Gasteiger partial charge in [0, 0.05) is 19.6 Å². The summed E-state index contributed by atoms with van der Waals surface area (Å²) in [6.45, 7) is 11.5. The molecule has 0 aromatic heterocycles. The summed E-state index contributed by atoms with van der Waals surface area (Å²) in [4.78, 5) is 2.68. The van der Waals surface area contributed by atoms with Gasteiger partial charge in [0.25, 0.3) is 0 Å². The van der Waals surface area contributed by atoms with E-state index in [-0.39, 0.29) is 0 Å². The SMILES string of the molecule is CCCCCCCCCCCC[N+]1(C)CCN(CC[N+](C)(C)C)CC1. The highest BCUT2D eigenvalue weighted by atomic mass is 15.4. The minimum absolute atomic E-state index is 1.08. The number of likely N-dealkylation sites (N-methyl/N-ethyl adjacent to an activating group) is 2. The lowest BCUT2D eigenvalue weighted by Gasteiger charge is -2.42. The molecular formula is C22H49N3+2. The molecule has 0 spiro atoms. The minimum atomic E-state index is 1.08.